The lowest BCUT2D eigenvalue weighted by Gasteiger charge is -1.74. The van der Waals surface area contributed by atoms with Gasteiger partial charge in [0, 0.05) is 6.42 Å². The van der Waals surface area contributed by atoms with E-state index in [0.717, 1.165) is 12.7 Å². The van der Waals surface area contributed by atoms with Crippen LogP contribution in [0.4, 0.5) is 0 Å². The van der Waals surface area contributed by atoms with Crippen LogP contribution in [0, 0.1) is 0 Å². The lowest BCUT2D eigenvalue weighted by atomic mass is 10.3. The second kappa shape index (κ2) is 8.89. The van der Waals surface area contributed by atoms with E-state index in [0.29, 0.717) is 6.42 Å². The molecule has 0 atom stereocenters. The zero-order valence-electron chi connectivity index (χ0n) is 6.86. The molecule has 0 aliphatic rings. The van der Waals surface area contributed by atoms with Crippen molar-refractivity contribution in [3.63, 3.8) is 0 Å². The van der Waals surface area contributed by atoms with Crippen molar-refractivity contribution < 1.29 is 4.79 Å². The topological polar surface area (TPSA) is 17.1 Å². The molecule has 0 aromatic heterocycles. The Balaban J connectivity index is 3.42. The van der Waals surface area contributed by atoms with E-state index < -0.39 is 0 Å². The highest BCUT2D eigenvalue weighted by molar-refractivity contribution is 5.52. The van der Waals surface area contributed by atoms with E-state index in [4.69, 9.17) is 0 Å². The molecule has 0 rings (SSSR count). The van der Waals surface area contributed by atoms with Gasteiger partial charge < -0.3 is 4.79 Å². The molecule has 0 saturated carbocycles. The molecule has 0 heterocycles. The maximum absolute atomic E-state index is 9.85. The highest BCUT2D eigenvalue weighted by atomic mass is 16.1. The van der Waals surface area contributed by atoms with E-state index in [9.17, 15) is 4.79 Å². The number of carbonyl (C=O) groups is 1. The average molecular weight is 150 g/mol. The van der Waals surface area contributed by atoms with Crippen molar-refractivity contribution in [3.05, 3.63) is 36.5 Å². The summed E-state index contributed by atoms with van der Waals surface area (Å²) in [4.78, 5) is 9.85. The summed E-state index contributed by atoms with van der Waals surface area (Å²) >= 11 is 0. The molecule has 0 bridgehead atoms. The summed E-state index contributed by atoms with van der Waals surface area (Å²) in [5.74, 6) is 0. The molecular formula is C10H14O. The number of rotatable bonds is 5. The summed E-state index contributed by atoms with van der Waals surface area (Å²) in [5, 5.41) is 0. The van der Waals surface area contributed by atoms with Crippen LogP contribution in [0.2, 0.25) is 0 Å². The van der Waals surface area contributed by atoms with Crippen LogP contribution in [0.3, 0.4) is 0 Å². The van der Waals surface area contributed by atoms with Gasteiger partial charge in [0.1, 0.15) is 6.29 Å². The zero-order chi connectivity index (χ0) is 8.36. The van der Waals surface area contributed by atoms with E-state index >= 15 is 0 Å². The van der Waals surface area contributed by atoms with Gasteiger partial charge in [0.05, 0.1) is 0 Å². The van der Waals surface area contributed by atoms with Gasteiger partial charge in [-0.3, -0.25) is 0 Å². The Kier molecular flexibility index (Phi) is 7.99. The predicted molar refractivity (Wildman–Crippen MR) is 48.4 cm³/mol. The van der Waals surface area contributed by atoms with E-state index in [2.05, 4.69) is 13.0 Å². The largest absolute Gasteiger partial charge is 0.303 e. The van der Waals surface area contributed by atoms with Crippen LogP contribution < -0.4 is 0 Å². The summed E-state index contributed by atoms with van der Waals surface area (Å²) in [6.45, 7) is 2.09. The smallest absolute Gasteiger partial charge is 0.123 e. The van der Waals surface area contributed by atoms with Gasteiger partial charge in [-0.05, 0) is 6.42 Å². The number of carbonyl (C=O) groups excluding carboxylic acids is 1. The predicted octanol–water partition coefficient (Wildman–Crippen LogP) is 2.65. The Labute approximate surface area is 68.1 Å². The van der Waals surface area contributed by atoms with Crippen molar-refractivity contribution in [1.82, 2.24) is 0 Å². The summed E-state index contributed by atoms with van der Waals surface area (Å²) in [5.41, 5.74) is 0. The average Bonchev–Trinajstić information content (AvgIpc) is 2.03. The highest BCUT2D eigenvalue weighted by Crippen LogP contribution is 1.84. The lowest BCUT2D eigenvalue weighted by molar-refractivity contribution is -0.107. The Morgan fingerprint density at radius 2 is 1.64 bits per heavy atom. The fourth-order valence-corrected chi connectivity index (χ4v) is 0.556. The minimum Gasteiger partial charge on any atom is -0.303 e. The van der Waals surface area contributed by atoms with E-state index in [1.807, 2.05) is 30.4 Å². The van der Waals surface area contributed by atoms with Gasteiger partial charge in [-0.25, -0.2) is 0 Å². The first-order chi connectivity index (χ1) is 5.41. The second-order valence-corrected chi connectivity index (χ2v) is 2.05. The zero-order valence-corrected chi connectivity index (χ0v) is 6.86. The Bertz CT molecular complexity index is 164. The van der Waals surface area contributed by atoms with Gasteiger partial charge in [-0.2, -0.15) is 0 Å². The molecule has 60 valence electrons. The molecule has 0 amide bonds. The van der Waals surface area contributed by atoms with Crippen molar-refractivity contribution in [3.8, 4) is 0 Å². The van der Waals surface area contributed by atoms with Crippen molar-refractivity contribution in [2.75, 3.05) is 0 Å². The second-order valence-electron chi connectivity index (χ2n) is 2.05. The van der Waals surface area contributed by atoms with Crippen LogP contribution in [0.25, 0.3) is 0 Å². The van der Waals surface area contributed by atoms with Crippen LogP contribution in [0.5, 0.6) is 0 Å². The molecule has 11 heavy (non-hydrogen) atoms. The lowest BCUT2D eigenvalue weighted by Crippen LogP contribution is -1.63. The van der Waals surface area contributed by atoms with Gasteiger partial charge in [0.25, 0.3) is 0 Å². The number of hydrogen-bond donors (Lipinski definition) is 0. The Hall–Kier alpha value is -1.11. The number of allylic oxidation sites excluding steroid dienone is 6. The van der Waals surface area contributed by atoms with Crippen LogP contribution in [-0.2, 0) is 4.79 Å². The first kappa shape index (κ1) is 9.89. The third-order valence-electron chi connectivity index (χ3n) is 1.07. The standard InChI is InChI=1S/C10H14O/c1-2-3-4-5-6-7-8-9-10-11/h3-8,10H,2,9H2,1H3. The molecule has 0 aromatic rings. The van der Waals surface area contributed by atoms with Crippen LogP contribution in [0.1, 0.15) is 19.8 Å². The maximum Gasteiger partial charge on any atom is 0.123 e. The molecule has 1 nitrogen and oxygen atoms in total. The van der Waals surface area contributed by atoms with Crippen molar-refractivity contribution in [2.24, 2.45) is 0 Å². The number of hydrogen-bond acceptors (Lipinski definition) is 1. The molecule has 0 N–H and O–H groups in total. The molecule has 0 aliphatic carbocycles. The molecule has 0 spiro atoms. The van der Waals surface area contributed by atoms with Crippen LogP contribution in [-0.4, -0.2) is 6.29 Å². The maximum atomic E-state index is 9.85. The van der Waals surface area contributed by atoms with Gasteiger partial charge in [0.2, 0.25) is 0 Å². The van der Waals surface area contributed by atoms with Crippen molar-refractivity contribution in [1.29, 1.82) is 0 Å². The minimum atomic E-state index is 0.502. The van der Waals surface area contributed by atoms with Crippen molar-refractivity contribution in [2.45, 2.75) is 19.8 Å². The molecule has 0 saturated heterocycles. The third kappa shape index (κ3) is 8.89. The fraction of sp³-hybridized carbons (Fsp3) is 0.300. The molecule has 0 radical (unpaired) electrons. The van der Waals surface area contributed by atoms with Crippen LogP contribution >= 0.6 is 0 Å². The normalized spacial score (nSPS) is 12.1. The summed E-state index contributed by atoms with van der Waals surface area (Å²) in [7, 11) is 0. The van der Waals surface area contributed by atoms with Crippen molar-refractivity contribution >= 4 is 6.29 Å². The quantitative estimate of drug-likeness (QED) is 0.435. The first-order valence-corrected chi connectivity index (χ1v) is 3.83. The minimum absolute atomic E-state index is 0.502. The van der Waals surface area contributed by atoms with E-state index in [1.54, 1.807) is 0 Å². The molecule has 0 fully saturated rings. The van der Waals surface area contributed by atoms with Gasteiger partial charge in [-0.1, -0.05) is 43.4 Å². The first-order valence-electron chi connectivity index (χ1n) is 3.83. The Morgan fingerprint density at radius 1 is 1.00 bits per heavy atom. The summed E-state index contributed by atoms with van der Waals surface area (Å²) < 4.78 is 0. The van der Waals surface area contributed by atoms with Gasteiger partial charge >= 0.3 is 0 Å². The monoisotopic (exact) mass is 150 g/mol. The van der Waals surface area contributed by atoms with Gasteiger partial charge in [0.15, 0.2) is 0 Å². The summed E-state index contributed by atoms with van der Waals surface area (Å²) in [6.07, 6.45) is 14.1. The number of aldehydes is 1. The molecule has 0 aromatic carbocycles. The Morgan fingerprint density at radius 3 is 2.18 bits per heavy atom. The van der Waals surface area contributed by atoms with Gasteiger partial charge in [-0.15, -0.1) is 0 Å². The summed E-state index contributed by atoms with van der Waals surface area (Å²) in [6, 6.07) is 0. The molecule has 0 aliphatic heterocycles. The third-order valence-corrected chi connectivity index (χ3v) is 1.07. The molecule has 1 heteroatoms. The fourth-order valence-electron chi connectivity index (χ4n) is 0.556. The SMILES string of the molecule is CCC=CC=CC=CCC=O. The highest BCUT2D eigenvalue weighted by Gasteiger charge is 1.67. The van der Waals surface area contributed by atoms with Crippen LogP contribution in [0.15, 0.2) is 36.5 Å². The molecular weight excluding hydrogens is 136 g/mol. The van der Waals surface area contributed by atoms with E-state index in [-0.39, 0.29) is 0 Å². The van der Waals surface area contributed by atoms with E-state index in [1.165, 1.54) is 0 Å². The molecule has 0 unspecified atom stereocenters.